The number of nitrogens with zero attached hydrogens (tertiary/aromatic N) is 2. The Kier molecular flexibility index (Phi) is 3.29. The van der Waals surface area contributed by atoms with Crippen LogP contribution in [-0.4, -0.2) is 16.8 Å². The van der Waals surface area contributed by atoms with E-state index in [2.05, 4.69) is 17.3 Å². The summed E-state index contributed by atoms with van der Waals surface area (Å²) in [4.78, 5) is 0. The van der Waals surface area contributed by atoms with Crippen LogP contribution in [0.15, 0.2) is 6.20 Å². The summed E-state index contributed by atoms with van der Waals surface area (Å²) in [7, 11) is 3.97. The first-order chi connectivity index (χ1) is 5.79. The largest absolute Gasteiger partial charge is 0.316 e. The van der Waals surface area contributed by atoms with Gasteiger partial charge >= 0.3 is 0 Å². The summed E-state index contributed by atoms with van der Waals surface area (Å²) in [5.74, 6) is 0. The fraction of sp³-hybridized carbons (Fsp3) is 0.667. The molecule has 0 atom stereocenters. The van der Waals surface area contributed by atoms with E-state index in [-0.39, 0.29) is 0 Å². The second kappa shape index (κ2) is 4.26. The number of rotatable bonds is 4. The highest BCUT2D eigenvalue weighted by Gasteiger charge is 2.05. The Morgan fingerprint density at radius 2 is 2.33 bits per heavy atom. The topological polar surface area (TPSA) is 29.9 Å². The van der Waals surface area contributed by atoms with Crippen molar-refractivity contribution in [2.45, 2.75) is 26.3 Å². The van der Waals surface area contributed by atoms with Gasteiger partial charge in [-0.05, 0) is 13.5 Å². The number of hydrogen-bond acceptors (Lipinski definition) is 2. The van der Waals surface area contributed by atoms with Crippen LogP contribution < -0.4 is 5.32 Å². The molecule has 0 aliphatic heterocycles. The first-order valence-electron chi connectivity index (χ1n) is 4.44. The standard InChI is InChI=1S/C9H17N3/c1-4-5-9-8(6-10-2)7-11-12(9)3/h7,10H,4-6H2,1-3H3. The van der Waals surface area contributed by atoms with Crippen molar-refractivity contribution in [2.75, 3.05) is 7.05 Å². The van der Waals surface area contributed by atoms with Crippen molar-refractivity contribution in [3.63, 3.8) is 0 Å². The van der Waals surface area contributed by atoms with Crippen LogP contribution in [0, 0.1) is 0 Å². The fourth-order valence-corrected chi connectivity index (χ4v) is 1.41. The van der Waals surface area contributed by atoms with Crippen molar-refractivity contribution in [3.8, 4) is 0 Å². The number of hydrogen-bond donors (Lipinski definition) is 1. The monoisotopic (exact) mass is 167 g/mol. The van der Waals surface area contributed by atoms with Gasteiger partial charge in [-0.15, -0.1) is 0 Å². The van der Waals surface area contributed by atoms with Crippen LogP contribution in [0.2, 0.25) is 0 Å². The van der Waals surface area contributed by atoms with Crippen molar-refractivity contribution in [1.82, 2.24) is 15.1 Å². The molecular weight excluding hydrogens is 150 g/mol. The van der Waals surface area contributed by atoms with Gasteiger partial charge in [-0.3, -0.25) is 4.68 Å². The predicted octanol–water partition coefficient (Wildman–Crippen LogP) is 1.09. The van der Waals surface area contributed by atoms with Crippen molar-refractivity contribution < 1.29 is 0 Å². The number of aryl methyl sites for hydroxylation is 1. The number of nitrogens with one attached hydrogen (secondary N) is 1. The summed E-state index contributed by atoms with van der Waals surface area (Å²) in [6.45, 7) is 3.11. The highest BCUT2D eigenvalue weighted by atomic mass is 15.3. The van der Waals surface area contributed by atoms with Crippen LogP contribution in [0.3, 0.4) is 0 Å². The molecular formula is C9H17N3. The lowest BCUT2D eigenvalue weighted by Crippen LogP contribution is -2.08. The molecule has 1 aromatic rings. The van der Waals surface area contributed by atoms with Gasteiger partial charge in [-0.25, -0.2) is 0 Å². The second-order valence-corrected chi connectivity index (χ2v) is 3.02. The quantitative estimate of drug-likeness (QED) is 0.727. The van der Waals surface area contributed by atoms with Crippen LogP contribution in [-0.2, 0) is 20.0 Å². The molecule has 0 bridgehead atoms. The van der Waals surface area contributed by atoms with Gasteiger partial charge in [0.1, 0.15) is 0 Å². The summed E-state index contributed by atoms with van der Waals surface area (Å²) < 4.78 is 1.97. The third kappa shape index (κ3) is 1.85. The second-order valence-electron chi connectivity index (χ2n) is 3.02. The lowest BCUT2D eigenvalue weighted by Gasteiger charge is -2.03. The van der Waals surface area contributed by atoms with Crippen LogP contribution in [0.1, 0.15) is 24.6 Å². The van der Waals surface area contributed by atoms with Gasteiger partial charge in [-0.1, -0.05) is 13.3 Å². The molecule has 3 nitrogen and oxygen atoms in total. The van der Waals surface area contributed by atoms with Crippen LogP contribution in [0.5, 0.6) is 0 Å². The summed E-state index contributed by atoms with van der Waals surface area (Å²) >= 11 is 0. The third-order valence-electron chi connectivity index (χ3n) is 2.00. The maximum atomic E-state index is 4.23. The summed E-state index contributed by atoms with van der Waals surface area (Å²) in [6, 6.07) is 0. The summed E-state index contributed by atoms with van der Waals surface area (Å²) in [5, 5.41) is 7.37. The molecule has 1 N–H and O–H groups in total. The highest BCUT2D eigenvalue weighted by molar-refractivity contribution is 5.17. The van der Waals surface area contributed by atoms with Gasteiger partial charge in [0, 0.05) is 24.8 Å². The Bertz CT molecular complexity index is 240. The van der Waals surface area contributed by atoms with Gasteiger partial charge in [0.05, 0.1) is 6.20 Å². The van der Waals surface area contributed by atoms with E-state index >= 15 is 0 Å². The first kappa shape index (κ1) is 9.26. The molecule has 68 valence electrons. The van der Waals surface area contributed by atoms with E-state index in [0.717, 1.165) is 13.0 Å². The number of aromatic nitrogens is 2. The molecule has 0 spiro atoms. The molecule has 0 aromatic carbocycles. The summed E-state index contributed by atoms with van der Waals surface area (Å²) in [6.07, 6.45) is 4.24. The zero-order valence-corrected chi connectivity index (χ0v) is 8.09. The maximum Gasteiger partial charge on any atom is 0.0537 e. The normalized spacial score (nSPS) is 10.6. The average molecular weight is 167 g/mol. The molecule has 1 heterocycles. The summed E-state index contributed by atoms with van der Waals surface area (Å²) in [5.41, 5.74) is 2.67. The minimum Gasteiger partial charge on any atom is -0.316 e. The molecule has 1 rings (SSSR count). The van der Waals surface area contributed by atoms with E-state index in [0.29, 0.717) is 0 Å². The molecule has 0 radical (unpaired) electrons. The molecule has 0 unspecified atom stereocenters. The van der Waals surface area contributed by atoms with Gasteiger partial charge in [0.2, 0.25) is 0 Å². The van der Waals surface area contributed by atoms with Crippen molar-refractivity contribution in [2.24, 2.45) is 7.05 Å². The molecule has 0 aliphatic rings. The van der Waals surface area contributed by atoms with E-state index in [1.54, 1.807) is 0 Å². The van der Waals surface area contributed by atoms with E-state index in [1.807, 2.05) is 25.0 Å². The van der Waals surface area contributed by atoms with Gasteiger partial charge in [-0.2, -0.15) is 5.10 Å². The molecule has 0 fully saturated rings. The van der Waals surface area contributed by atoms with E-state index < -0.39 is 0 Å². The molecule has 3 heteroatoms. The van der Waals surface area contributed by atoms with Gasteiger partial charge in [0.25, 0.3) is 0 Å². The van der Waals surface area contributed by atoms with E-state index in [9.17, 15) is 0 Å². The van der Waals surface area contributed by atoms with Gasteiger partial charge < -0.3 is 5.32 Å². The SMILES string of the molecule is CCCc1c(CNC)cnn1C. The first-order valence-corrected chi connectivity index (χ1v) is 4.44. The highest BCUT2D eigenvalue weighted by Crippen LogP contribution is 2.09. The zero-order valence-electron chi connectivity index (χ0n) is 8.09. The van der Waals surface area contributed by atoms with E-state index in [1.165, 1.54) is 17.7 Å². The van der Waals surface area contributed by atoms with Crippen LogP contribution in [0.25, 0.3) is 0 Å². The maximum absolute atomic E-state index is 4.23. The molecule has 12 heavy (non-hydrogen) atoms. The lowest BCUT2D eigenvalue weighted by molar-refractivity contribution is 0.688. The smallest absolute Gasteiger partial charge is 0.0537 e. The van der Waals surface area contributed by atoms with Crippen LogP contribution in [0.4, 0.5) is 0 Å². The molecule has 0 saturated heterocycles. The van der Waals surface area contributed by atoms with E-state index in [4.69, 9.17) is 0 Å². The lowest BCUT2D eigenvalue weighted by atomic mass is 10.1. The molecule has 0 aliphatic carbocycles. The molecule has 0 saturated carbocycles. The van der Waals surface area contributed by atoms with Crippen molar-refractivity contribution in [1.29, 1.82) is 0 Å². The average Bonchev–Trinajstić information content (AvgIpc) is 2.37. The predicted molar refractivity (Wildman–Crippen MR) is 50.0 cm³/mol. The molecule has 1 aromatic heterocycles. The van der Waals surface area contributed by atoms with Crippen molar-refractivity contribution >= 4 is 0 Å². The third-order valence-corrected chi connectivity index (χ3v) is 2.00. The Balaban J connectivity index is 2.80. The van der Waals surface area contributed by atoms with Gasteiger partial charge in [0.15, 0.2) is 0 Å². The Labute approximate surface area is 73.8 Å². The fourth-order valence-electron chi connectivity index (χ4n) is 1.41. The minimum absolute atomic E-state index is 0.920. The Morgan fingerprint density at radius 1 is 1.58 bits per heavy atom. The zero-order chi connectivity index (χ0) is 8.97. The van der Waals surface area contributed by atoms with Crippen LogP contribution >= 0.6 is 0 Å². The van der Waals surface area contributed by atoms with Crippen molar-refractivity contribution in [3.05, 3.63) is 17.5 Å². The molecule has 0 amide bonds. The Hall–Kier alpha value is -0.830. The minimum atomic E-state index is 0.920. The Morgan fingerprint density at radius 3 is 2.92 bits per heavy atom.